The smallest absolute Gasteiger partial charge is 0.286 e. The zero-order valence-corrected chi connectivity index (χ0v) is 37.0. The molecule has 8 heterocycles. The number of rotatable bonds is 10. The summed E-state index contributed by atoms with van der Waals surface area (Å²) in [5, 5.41) is 5.96. The van der Waals surface area contributed by atoms with Crippen molar-refractivity contribution in [3.05, 3.63) is 85.8 Å². The fourth-order valence-electron chi connectivity index (χ4n) is 8.51. The van der Waals surface area contributed by atoms with Gasteiger partial charge in [0.1, 0.15) is 30.3 Å². The first-order chi connectivity index (χ1) is 30.3. The van der Waals surface area contributed by atoms with Crippen LogP contribution in [-0.2, 0) is 33.4 Å². The SMILES string of the molecule is Cn1nccc1-c1cc(-c2cnc[n+](C3CCC3S(=O)c3sc4nc(-c5cnc(N6CCOCC6)nc5)cc(-c5ccccc5)c4c3N)c2)nc2sc(S(=O)C3CCC3)c(N)c12. The van der Waals surface area contributed by atoms with Gasteiger partial charge >= 0.3 is 0 Å². The summed E-state index contributed by atoms with van der Waals surface area (Å²) in [6.45, 7) is 2.79. The van der Waals surface area contributed by atoms with Crippen LogP contribution in [0.3, 0.4) is 0 Å². The summed E-state index contributed by atoms with van der Waals surface area (Å²) in [7, 11) is -0.736. The molecule has 314 valence electrons. The molecule has 0 amide bonds. The molecule has 8 aromatic rings. The number of morpholine rings is 1. The van der Waals surface area contributed by atoms with E-state index >= 15 is 0 Å². The van der Waals surface area contributed by atoms with Gasteiger partial charge in [-0.25, -0.2) is 24.5 Å². The first kappa shape index (κ1) is 39.3. The van der Waals surface area contributed by atoms with Crippen LogP contribution in [-0.4, -0.2) is 79.9 Å². The van der Waals surface area contributed by atoms with Gasteiger partial charge in [-0.3, -0.25) is 13.1 Å². The van der Waals surface area contributed by atoms with Crippen molar-refractivity contribution >= 4 is 82.0 Å². The van der Waals surface area contributed by atoms with Crippen molar-refractivity contribution in [3.63, 3.8) is 0 Å². The number of nitrogens with two attached hydrogens (primary N) is 2. The van der Waals surface area contributed by atoms with E-state index in [9.17, 15) is 8.42 Å². The van der Waals surface area contributed by atoms with Crippen molar-refractivity contribution < 1.29 is 17.7 Å². The number of fused-ring (bicyclic) bond motifs is 2. The normalized spacial score (nSPS) is 19.1. The van der Waals surface area contributed by atoms with E-state index in [1.165, 1.54) is 22.7 Å². The molecule has 62 heavy (non-hydrogen) atoms. The first-order valence-electron chi connectivity index (χ1n) is 20.6. The first-order valence-corrected chi connectivity index (χ1v) is 24.7. The average molecular weight is 901 g/mol. The summed E-state index contributed by atoms with van der Waals surface area (Å²) in [6.07, 6.45) is 15.6. The Labute approximate surface area is 370 Å². The second-order valence-electron chi connectivity index (χ2n) is 15.9. The van der Waals surface area contributed by atoms with Gasteiger partial charge in [-0.15, -0.1) is 22.7 Å². The molecule has 3 aliphatic rings. The molecule has 0 bridgehead atoms. The molecule has 14 nitrogen and oxygen atoms in total. The summed E-state index contributed by atoms with van der Waals surface area (Å²) in [4.78, 5) is 27.8. The molecule has 1 aliphatic heterocycles. The van der Waals surface area contributed by atoms with E-state index in [0.29, 0.717) is 49.5 Å². The molecule has 11 rings (SSSR count). The topological polar surface area (TPSA) is 185 Å². The number of nitrogen functional groups attached to an aromatic ring is 2. The Kier molecular flexibility index (Phi) is 10.1. The maximum absolute atomic E-state index is 14.8. The third kappa shape index (κ3) is 6.79. The van der Waals surface area contributed by atoms with E-state index in [2.05, 4.69) is 41.7 Å². The van der Waals surface area contributed by atoms with Gasteiger partial charge in [0.25, 0.3) is 6.33 Å². The maximum atomic E-state index is 14.8. The van der Waals surface area contributed by atoms with Crippen LogP contribution >= 0.6 is 22.7 Å². The van der Waals surface area contributed by atoms with Crippen molar-refractivity contribution in [2.24, 2.45) is 7.05 Å². The van der Waals surface area contributed by atoms with Crippen molar-refractivity contribution in [2.75, 3.05) is 42.7 Å². The highest BCUT2D eigenvalue weighted by Gasteiger charge is 2.42. The third-order valence-electron chi connectivity index (χ3n) is 12.3. The maximum Gasteiger partial charge on any atom is 0.286 e. The Morgan fingerprint density at radius 2 is 1.47 bits per heavy atom. The largest absolute Gasteiger partial charge is 0.396 e. The van der Waals surface area contributed by atoms with Crippen molar-refractivity contribution in [2.45, 2.75) is 57.1 Å². The molecular formula is C44H42N11O3S4+. The number of nitrogens with zero attached hydrogens (tertiary/aromatic N) is 9. The number of aromatic nitrogens is 8. The Balaban J connectivity index is 0.928. The van der Waals surface area contributed by atoms with E-state index in [4.69, 9.17) is 26.2 Å². The van der Waals surface area contributed by atoms with E-state index in [1.807, 2.05) is 66.7 Å². The van der Waals surface area contributed by atoms with Crippen molar-refractivity contribution in [1.82, 2.24) is 34.7 Å². The lowest BCUT2D eigenvalue weighted by Crippen LogP contribution is -2.53. The predicted molar refractivity (Wildman–Crippen MR) is 246 cm³/mol. The minimum Gasteiger partial charge on any atom is -0.396 e. The number of anilines is 3. The number of hydrogen-bond donors (Lipinski definition) is 2. The highest BCUT2D eigenvalue weighted by molar-refractivity contribution is 7.88. The van der Waals surface area contributed by atoms with Crippen LogP contribution in [0.1, 0.15) is 38.1 Å². The van der Waals surface area contributed by atoms with Crippen LogP contribution in [0.15, 0.2) is 94.3 Å². The standard InChI is InChI=1S/C44H42N11O3S4/c1-53-33(12-13-50-53)30-19-32(52-41-37(30)39(46)42(59-41)61(56)28-8-5-9-28)27-20-47-24-55(23-27)34-10-11-35(34)62(57)43-38(45)36-29(25-6-3-2-4-7-25)18-31(51-40(36)60-43)26-21-48-44(49-22-26)54-14-16-58-17-15-54/h2-4,6-7,12-13,18-24,28,34-35H,5,8-11,14-17,45-46H2,1H3/q+1. The lowest BCUT2D eigenvalue weighted by molar-refractivity contribution is -0.733. The molecular weight excluding hydrogens is 859 g/mol. The van der Waals surface area contributed by atoms with Crippen LogP contribution in [0.2, 0.25) is 0 Å². The van der Waals surface area contributed by atoms with Crippen LogP contribution < -0.4 is 20.9 Å². The van der Waals surface area contributed by atoms with Gasteiger partial charge in [-0.05, 0) is 55.0 Å². The highest BCUT2D eigenvalue weighted by Crippen LogP contribution is 2.47. The fraction of sp³-hybridized carbons (Fsp3) is 0.295. The van der Waals surface area contributed by atoms with Crippen molar-refractivity contribution in [1.29, 1.82) is 0 Å². The minimum absolute atomic E-state index is 0.0821. The van der Waals surface area contributed by atoms with Gasteiger partial charge in [-0.1, -0.05) is 41.7 Å². The average Bonchev–Trinajstić information content (AvgIpc) is 3.96. The summed E-state index contributed by atoms with van der Waals surface area (Å²) in [5.41, 5.74) is 21.5. The summed E-state index contributed by atoms with van der Waals surface area (Å²) in [6, 6.07) is 16.0. The summed E-state index contributed by atoms with van der Waals surface area (Å²) in [5.74, 6) is 0.666. The molecule has 3 fully saturated rings. The predicted octanol–water partition coefficient (Wildman–Crippen LogP) is 6.95. The minimum atomic E-state index is -1.44. The molecule has 2 saturated carbocycles. The lowest BCUT2D eigenvalue weighted by atomic mass is 9.92. The Morgan fingerprint density at radius 1 is 0.790 bits per heavy atom. The van der Waals surface area contributed by atoms with E-state index in [-0.39, 0.29) is 16.5 Å². The van der Waals surface area contributed by atoms with Gasteiger partial charge in [0, 0.05) is 65.9 Å². The number of benzene rings is 1. The highest BCUT2D eigenvalue weighted by atomic mass is 32.2. The van der Waals surface area contributed by atoms with Crippen LogP contribution in [0.25, 0.3) is 65.3 Å². The zero-order chi connectivity index (χ0) is 42.1. The van der Waals surface area contributed by atoms with Crippen LogP contribution in [0, 0.1) is 0 Å². The number of ether oxygens (including phenoxy) is 1. The monoisotopic (exact) mass is 900 g/mol. The summed E-state index contributed by atoms with van der Waals surface area (Å²) < 4.78 is 39.1. The van der Waals surface area contributed by atoms with Gasteiger partial charge < -0.3 is 21.1 Å². The fourth-order valence-corrected chi connectivity index (χ4v) is 15.0. The van der Waals surface area contributed by atoms with Crippen LogP contribution in [0.4, 0.5) is 17.3 Å². The second-order valence-corrected chi connectivity index (χ2v) is 21.7. The van der Waals surface area contributed by atoms with E-state index < -0.39 is 21.6 Å². The Morgan fingerprint density at radius 3 is 2.11 bits per heavy atom. The molecule has 7 aromatic heterocycles. The molecule has 18 heteroatoms. The van der Waals surface area contributed by atoms with E-state index in [0.717, 1.165) is 100 Å². The number of thiophene rings is 2. The second kappa shape index (κ2) is 16.0. The Hall–Kier alpha value is -5.53. The molecule has 0 spiro atoms. The van der Waals surface area contributed by atoms with Gasteiger partial charge in [-0.2, -0.15) is 5.10 Å². The quantitative estimate of drug-likeness (QED) is 0.135. The van der Waals surface area contributed by atoms with E-state index in [1.54, 1.807) is 18.7 Å². The summed E-state index contributed by atoms with van der Waals surface area (Å²) >= 11 is 2.80. The molecule has 4 atom stereocenters. The van der Waals surface area contributed by atoms with Crippen molar-refractivity contribution in [3.8, 4) is 44.9 Å². The zero-order valence-electron chi connectivity index (χ0n) is 33.7. The molecule has 4 N–H and O–H groups in total. The van der Waals surface area contributed by atoms with Crippen LogP contribution in [0.5, 0.6) is 0 Å². The number of aryl methyl sites for hydroxylation is 1. The molecule has 1 saturated heterocycles. The lowest BCUT2D eigenvalue weighted by Gasteiger charge is -2.33. The number of hydrogen-bond acceptors (Lipinski definition) is 14. The molecule has 1 aromatic carbocycles. The third-order valence-corrected chi connectivity index (χ3v) is 18.9. The number of pyridine rings is 2. The molecule has 0 radical (unpaired) electrons. The molecule has 2 aliphatic carbocycles. The Bertz CT molecular complexity index is 3050. The molecule has 4 unspecified atom stereocenters. The van der Waals surface area contributed by atoms with Gasteiger partial charge in [0.2, 0.25) is 5.95 Å². The van der Waals surface area contributed by atoms with Gasteiger partial charge in [0.05, 0.1) is 74.1 Å². The van der Waals surface area contributed by atoms with Gasteiger partial charge in [0.15, 0.2) is 6.20 Å².